The van der Waals surface area contributed by atoms with E-state index in [9.17, 15) is 27.6 Å². The molecule has 0 saturated heterocycles. The predicted molar refractivity (Wildman–Crippen MR) is 201 cm³/mol. The van der Waals surface area contributed by atoms with Gasteiger partial charge in [-0.2, -0.15) is 0 Å². The van der Waals surface area contributed by atoms with Gasteiger partial charge in [0.2, 0.25) is 9.84 Å². The molecule has 16 nitrogen and oxygen atoms in total. The summed E-state index contributed by atoms with van der Waals surface area (Å²) >= 11 is 1.34. The van der Waals surface area contributed by atoms with E-state index in [1.807, 2.05) is 0 Å². The van der Waals surface area contributed by atoms with Gasteiger partial charge in [0.1, 0.15) is 11.3 Å². The molecule has 0 fully saturated rings. The van der Waals surface area contributed by atoms with Crippen LogP contribution in [0, 0.1) is 0 Å². The Morgan fingerprint density at radius 1 is 0.527 bits per heavy atom. The van der Waals surface area contributed by atoms with Crippen LogP contribution in [0.5, 0.6) is 0 Å². The number of aromatic nitrogens is 4. The zero-order valence-electron chi connectivity index (χ0n) is 26.8. The first-order valence-electron chi connectivity index (χ1n) is 16.0. The maximum absolute atomic E-state index is 14.8. The first-order valence-corrected chi connectivity index (χ1v) is 19.0. The molecule has 0 radical (unpaired) electrons. The molecule has 0 aliphatic carbocycles. The van der Waals surface area contributed by atoms with Crippen LogP contribution < -0.4 is 22.0 Å². The first-order chi connectivity index (χ1) is 26.6. The van der Waals surface area contributed by atoms with Gasteiger partial charge < -0.3 is 0 Å². The number of imidazole rings is 2. The fourth-order valence-electron chi connectivity index (χ4n) is 8.73. The van der Waals surface area contributed by atoms with Crippen molar-refractivity contribution in [2.75, 3.05) is 0 Å². The van der Waals surface area contributed by atoms with Crippen LogP contribution in [0.1, 0.15) is 0 Å². The Morgan fingerprint density at radius 3 is 1.38 bits per heavy atom. The Morgan fingerprint density at radius 2 is 0.964 bits per heavy atom. The molecule has 7 aromatic carbocycles. The molecule has 1 aliphatic rings. The summed E-state index contributed by atoms with van der Waals surface area (Å²) in [7, 11) is -4.38. The molecule has 266 valence electrons. The highest BCUT2D eigenvalue weighted by molar-refractivity contribution is 7.94. The number of sulfone groups is 1. The average Bonchev–Trinajstić information content (AvgIpc) is 3.82. The summed E-state index contributed by atoms with van der Waals surface area (Å²) in [5.74, 6) is 0. The minimum Gasteiger partial charge on any atom is -0.289 e. The van der Waals surface area contributed by atoms with E-state index in [1.54, 1.807) is 36.4 Å². The topological polar surface area (TPSA) is 214 Å². The molecule has 0 bridgehead atoms. The summed E-state index contributed by atoms with van der Waals surface area (Å²) in [5.41, 5.74) is -0.956. The largest absolute Gasteiger partial charge is 0.289 e. The zero-order valence-corrected chi connectivity index (χ0v) is 29.2. The Labute approximate surface area is 308 Å². The van der Waals surface area contributed by atoms with Crippen LogP contribution in [0.2, 0.25) is 0 Å². The maximum Gasteiger partial charge on any atom is 0.264 e. The van der Waals surface area contributed by atoms with Gasteiger partial charge in [-0.25, -0.2) is 28.9 Å². The number of rotatable bonds is 6. The lowest BCUT2D eigenvalue weighted by atomic mass is 9.86. The summed E-state index contributed by atoms with van der Waals surface area (Å²) in [4.78, 5) is 67.5. The van der Waals surface area contributed by atoms with Gasteiger partial charge in [0.05, 0.1) is 66.7 Å². The third-order valence-electron chi connectivity index (χ3n) is 10.7. The minimum absolute atomic E-state index is 0.00826. The third kappa shape index (κ3) is 3.62. The molecule has 55 heavy (non-hydrogen) atoms. The third-order valence-corrected chi connectivity index (χ3v) is 13.6. The molecule has 4 aromatic heterocycles. The van der Waals surface area contributed by atoms with E-state index in [2.05, 4.69) is 18.7 Å². The molecular weight excluding hydrogens is 777 g/mol. The van der Waals surface area contributed by atoms with E-state index in [-0.39, 0.29) is 85.7 Å². The van der Waals surface area contributed by atoms with Gasteiger partial charge in [0, 0.05) is 63.7 Å². The van der Waals surface area contributed by atoms with Gasteiger partial charge in [0.25, 0.3) is 11.1 Å². The van der Waals surface area contributed by atoms with Crippen LogP contribution in [0.3, 0.4) is 0 Å². The molecule has 0 saturated carbocycles. The summed E-state index contributed by atoms with van der Waals surface area (Å²) in [6.45, 7) is 0. The number of hydrogen-bond donors (Lipinski definition) is 2. The quantitative estimate of drug-likeness (QED) is 0.0709. The lowest BCUT2D eigenvalue weighted by Crippen LogP contribution is -2.18. The van der Waals surface area contributed by atoms with Gasteiger partial charge in [-0.1, -0.05) is 10.1 Å². The van der Waals surface area contributed by atoms with Crippen molar-refractivity contribution in [3.63, 3.8) is 0 Å². The Hall–Kier alpha value is -5.87. The van der Waals surface area contributed by atoms with Crippen molar-refractivity contribution in [2.45, 2.75) is 19.6 Å². The van der Waals surface area contributed by atoms with Crippen molar-refractivity contribution >= 4 is 132 Å². The summed E-state index contributed by atoms with van der Waals surface area (Å²) in [6, 6.07) is 14.8. The molecular formula is C36H12N4O12S3. The zero-order chi connectivity index (χ0) is 37.4. The van der Waals surface area contributed by atoms with E-state index >= 15 is 0 Å². The SMILES string of the molecule is O=c1cc2c(=O)n3c4cc(SOOO)ccc4nc3c3cc4c5c6c(cc7c8c(cc(=O)c(c1c5c23)c68)c(=O)n1c2cc(SOOO)ccc2nc71)S4(=O)=O. The summed E-state index contributed by atoms with van der Waals surface area (Å²) < 4.78 is 41.4. The second-order valence-corrected chi connectivity index (χ2v) is 16.5. The Bertz CT molecular complexity index is 3740. The molecule has 2 N–H and O–H groups in total. The standard InChI is InChI=1S/C36H12N4O12S3/c41-21-7-15-25-13(33-37-17-3-1-11(53-51-49-45)5-19(17)39(33)35(15)43)9-23-29-30-24(55(23,47)48)10-14-26-16(8-22(42)28(32(26)30)27(21)31(25)29)36(44)40-20-6-12(54-52-50-46)2-4-18(20)38-34(14)40/h1-10,45-46H. The van der Waals surface area contributed by atoms with E-state index in [0.29, 0.717) is 55.9 Å². The molecule has 5 heterocycles. The lowest BCUT2D eigenvalue weighted by molar-refractivity contribution is -0.432. The summed E-state index contributed by atoms with van der Waals surface area (Å²) in [6.07, 6.45) is 0. The molecule has 1 aliphatic heterocycles. The van der Waals surface area contributed by atoms with Crippen LogP contribution in [-0.4, -0.2) is 37.7 Å². The highest BCUT2D eigenvalue weighted by Gasteiger charge is 2.38. The molecule has 12 rings (SSSR count). The van der Waals surface area contributed by atoms with Gasteiger partial charge in [-0.3, -0.25) is 28.0 Å². The van der Waals surface area contributed by atoms with E-state index in [0.717, 1.165) is 12.1 Å². The minimum atomic E-state index is -4.38. The van der Waals surface area contributed by atoms with Crippen LogP contribution in [0.25, 0.3) is 98.0 Å². The van der Waals surface area contributed by atoms with Gasteiger partial charge >= 0.3 is 0 Å². The predicted octanol–water partition coefficient (Wildman–Crippen LogP) is 5.40. The van der Waals surface area contributed by atoms with Crippen LogP contribution >= 0.6 is 24.1 Å². The molecule has 0 atom stereocenters. The van der Waals surface area contributed by atoms with Crippen molar-refractivity contribution in [2.24, 2.45) is 0 Å². The fourth-order valence-corrected chi connectivity index (χ4v) is 11.2. The van der Waals surface area contributed by atoms with Crippen LogP contribution in [-0.2, 0) is 28.6 Å². The lowest BCUT2D eigenvalue weighted by Gasteiger charge is -2.16. The Balaban J connectivity index is 1.30. The van der Waals surface area contributed by atoms with E-state index in [1.165, 1.54) is 20.9 Å². The van der Waals surface area contributed by atoms with Gasteiger partial charge in [0.15, 0.2) is 10.9 Å². The first kappa shape index (κ1) is 31.5. The second kappa shape index (κ2) is 10.2. The average molecular weight is 789 g/mol. The number of benzene rings is 7. The van der Waals surface area contributed by atoms with Crippen molar-refractivity contribution < 1.29 is 37.7 Å². The number of nitrogens with zero attached hydrogens (tertiary/aromatic N) is 4. The smallest absolute Gasteiger partial charge is 0.264 e. The van der Waals surface area contributed by atoms with Crippen molar-refractivity contribution in [1.29, 1.82) is 0 Å². The molecule has 0 spiro atoms. The molecule has 0 unspecified atom stereocenters. The number of hydrogen-bond acceptors (Lipinski definition) is 16. The molecule has 11 aromatic rings. The van der Waals surface area contributed by atoms with Crippen LogP contribution in [0.15, 0.2) is 99.4 Å². The van der Waals surface area contributed by atoms with Crippen LogP contribution in [0.4, 0.5) is 0 Å². The molecule has 0 amide bonds. The normalized spacial score (nSPS) is 14.3. The maximum atomic E-state index is 14.8. The van der Waals surface area contributed by atoms with Gasteiger partial charge in [-0.05, 0) is 60.7 Å². The highest BCUT2D eigenvalue weighted by atomic mass is 32.2. The Kier molecular flexibility index (Phi) is 5.87. The van der Waals surface area contributed by atoms with Crippen molar-refractivity contribution in [1.82, 2.24) is 18.8 Å². The second-order valence-electron chi connectivity index (χ2n) is 13.1. The van der Waals surface area contributed by atoms with Crippen molar-refractivity contribution in [3.8, 4) is 0 Å². The van der Waals surface area contributed by atoms with E-state index in [4.69, 9.17) is 20.5 Å². The highest BCUT2D eigenvalue weighted by Crippen LogP contribution is 2.53. The van der Waals surface area contributed by atoms with Crippen molar-refractivity contribution in [3.05, 3.63) is 102 Å². The molecule has 19 heteroatoms. The summed E-state index contributed by atoms with van der Waals surface area (Å²) in [5, 5.41) is 26.3. The fraction of sp³-hybridized carbons (Fsp3) is 0. The number of fused-ring (bicyclic) bond motifs is 9. The van der Waals surface area contributed by atoms with Gasteiger partial charge in [-0.15, -0.1) is 8.67 Å². The van der Waals surface area contributed by atoms with E-state index < -0.39 is 31.8 Å². The number of pyridine rings is 2. The monoisotopic (exact) mass is 788 g/mol.